The third-order valence-electron chi connectivity index (χ3n) is 3.09. The summed E-state index contributed by atoms with van der Waals surface area (Å²) in [4.78, 5) is 3.46. The molecule has 1 aliphatic rings. The van der Waals surface area contributed by atoms with E-state index in [1.165, 1.54) is 29.6 Å². The fourth-order valence-electron chi connectivity index (χ4n) is 1.57. The van der Waals surface area contributed by atoms with E-state index in [2.05, 4.69) is 59.1 Å². The van der Waals surface area contributed by atoms with Crippen LogP contribution in [0.3, 0.4) is 0 Å². The molecule has 0 saturated heterocycles. The van der Waals surface area contributed by atoms with Crippen LogP contribution in [0.15, 0.2) is 4.99 Å². The van der Waals surface area contributed by atoms with Crippen LogP contribution in [0.2, 0.25) is 0 Å². The smallest absolute Gasteiger partial charge is 2.00 e. The Morgan fingerprint density at radius 1 is 0.857 bits per heavy atom. The molecular weight excluding hydrogens is 436 g/mol. The summed E-state index contributed by atoms with van der Waals surface area (Å²) in [7, 11) is 0. The van der Waals surface area contributed by atoms with Gasteiger partial charge >= 0.3 is 43.7 Å². The monoisotopic (exact) mass is 458 g/mol. The van der Waals surface area contributed by atoms with Crippen LogP contribution in [0.1, 0.15) is 48.5 Å². The average molecular weight is 458 g/mol. The molecule has 5 heteroatoms. The molecule has 0 spiro atoms. The zero-order valence-electron chi connectivity index (χ0n) is 13.7. The Labute approximate surface area is 144 Å². The van der Waals surface area contributed by atoms with Crippen molar-refractivity contribution in [2.24, 2.45) is 4.99 Å². The van der Waals surface area contributed by atoms with Gasteiger partial charge in [0.15, 0.2) is 0 Å². The summed E-state index contributed by atoms with van der Waals surface area (Å²) in [6, 6.07) is 0. The van der Waals surface area contributed by atoms with Crippen molar-refractivity contribution in [2.45, 2.75) is 48.5 Å². The molecule has 0 atom stereocenters. The molecule has 0 aliphatic heterocycles. The van der Waals surface area contributed by atoms with Gasteiger partial charge in [0.1, 0.15) is 0 Å². The van der Waals surface area contributed by atoms with Gasteiger partial charge in [0.2, 0.25) is 0 Å². The summed E-state index contributed by atoms with van der Waals surface area (Å²) in [5.41, 5.74) is 0. The van der Waals surface area contributed by atoms with E-state index < -0.39 is 0 Å². The summed E-state index contributed by atoms with van der Waals surface area (Å²) < 4.78 is 15.0. The number of aliphatic imine (C=N–C) groups is 1. The summed E-state index contributed by atoms with van der Waals surface area (Å²) >= 11 is 0. The summed E-state index contributed by atoms with van der Waals surface area (Å²) in [6.45, 7) is 23.3. The molecular formula is C16H22N2O2W+. The van der Waals surface area contributed by atoms with E-state index >= 15 is 0 Å². The predicted molar refractivity (Wildman–Crippen MR) is 79.0 cm³/mol. The standard InChI is InChI=1S/C10H15.C4H7N2.2CO.W/c1-6-7(2)9(4)10(5)8(6)3;1-3-6-4(2)5;2*1-2;/h1-5H3;5H,1-2H3;;;/q;-1;;;+2. The molecule has 1 rings (SSSR count). The van der Waals surface area contributed by atoms with Gasteiger partial charge in [-0.3, -0.25) is 0 Å². The molecule has 1 N–H and O–H groups in total. The van der Waals surface area contributed by atoms with Crippen molar-refractivity contribution in [3.63, 3.8) is 0 Å². The first-order valence-electron chi connectivity index (χ1n) is 5.86. The van der Waals surface area contributed by atoms with Gasteiger partial charge in [0.05, 0.1) is 0 Å². The Balaban J connectivity index is -0.000000115. The van der Waals surface area contributed by atoms with E-state index in [1.807, 2.05) is 0 Å². The second kappa shape index (κ2) is 17.6. The Morgan fingerprint density at radius 3 is 1.10 bits per heavy atom. The maximum absolute atomic E-state index is 7.50. The minimum Gasteiger partial charge on any atom is 2.00 e. The molecule has 5 radical (unpaired) electrons. The number of hydrogen-bond acceptors (Lipinski definition) is 1. The normalized spacial score (nSPS) is 16.5. The summed E-state index contributed by atoms with van der Waals surface area (Å²) in [5.74, 6) is 7.64. The molecule has 0 amide bonds. The number of nitrogens with zero attached hydrogens (tertiary/aromatic N) is 1. The first kappa shape index (κ1) is 28.6. The van der Waals surface area contributed by atoms with Gasteiger partial charge in [-0.15, -0.1) is 6.92 Å². The molecule has 21 heavy (non-hydrogen) atoms. The fourth-order valence-corrected chi connectivity index (χ4v) is 1.57. The van der Waals surface area contributed by atoms with E-state index in [9.17, 15) is 0 Å². The van der Waals surface area contributed by atoms with E-state index in [4.69, 9.17) is 14.7 Å². The van der Waals surface area contributed by atoms with E-state index in [0.29, 0.717) is 5.84 Å². The minimum absolute atomic E-state index is 0. The second-order valence-corrected chi connectivity index (χ2v) is 4.05. The van der Waals surface area contributed by atoms with Gasteiger partial charge in [0.25, 0.3) is 0 Å². The van der Waals surface area contributed by atoms with Crippen LogP contribution in [0.5, 0.6) is 0 Å². The molecule has 0 heterocycles. The van der Waals surface area contributed by atoms with Crippen molar-refractivity contribution in [1.29, 1.82) is 5.41 Å². The van der Waals surface area contributed by atoms with Gasteiger partial charge < -0.3 is 10.4 Å². The van der Waals surface area contributed by atoms with Crippen molar-refractivity contribution in [1.82, 2.24) is 0 Å². The Kier molecular flexibility index (Phi) is 23.9. The van der Waals surface area contributed by atoms with Gasteiger partial charge in [-0.2, -0.15) is 6.21 Å². The minimum atomic E-state index is 0. The average Bonchev–Trinajstić information content (AvgIpc) is 2.62. The zero-order valence-corrected chi connectivity index (χ0v) is 16.6. The second-order valence-electron chi connectivity index (χ2n) is 4.05. The van der Waals surface area contributed by atoms with Crippen LogP contribution < -0.4 is 0 Å². The van der Waals surface area contributed by atoms with Gasteiger partial charge in [0, 0.05) is 0 Å². The Bertz CT molecular complexity index is 276. The molecule has 1 aliphatic carbocycles. The van der Waals surface area contributed by atoms with Crippen molar-refractivity contribution in [2.75, 3.05) is 0 Å². The summed E-state index contributed by atoms with van der Waals surface area (Å²) in [6.07, 6.45) is 2.47. The Hall–Kier alpha value is -0.492. The molecule has 0 bridgehead atoms. The first-order chi connectivity index (χ1) is 9.32. The van der Waals surface area contributed by atoms with Crippen LogP contribution in [0, 0.1) is 48.3 Å². The van der Waals surface area contributed by atoms with Gasteiger partial charge in [-0.05, 0) is 35.4 Å². The quantitative estimate of drug-likeness (QED) is 0.248. The van der Waals surface area contributed by atoms with Crippen LogP contribution in [-0.2, 0) is 30.4 Å². The van der Waals surface area contributed by atoms with Crippen LogP contribution >= 0.6 is 0 Å². The number of amidine groups is 1. The van der Waals surface area contributed by atoms with E-state index in [0.717, 1.165) is 0 Å². The molecule has 4 nitrogen and oxygen atoms in total. The predicted octanol–water partition coefficient (Wildman–Crippen LogP) is 3.85. The number of nitrogens with one attached hydrogen (secondary N) is 1. The van der Waals surface area contributed by atoms with E-state index in [1.54, 1.807) is 13.8 Å². The maximum atomic E-state index is 7.50. The number of hydrogen-bond donors (Lipinski definition) is 1. The van der Waals surface area contributed by atoms with Crippen LogP contribution in [0.25, 0.3) is 0 Å². The van der Waals surface area contributed by atoms with Crippen LogP contribution in [0.4, 0.5) is 0 Å². The third kappa shape index (κ3) is 11.8. The molecule has 0 unspecified atom stereocenters. The largest absolute Gasteiger partial charge is 2.00 e. The SMILES string of the molecule is C[C-]=NC(C)=N.C[C]1[C](C)[C](C)[C](C)[C]1C.[C-]#[O+].[C-]#[O+].[W+2]. The third-order valence-corrected chi connectivity index (χ3v) is 3.09. The first-order valence-corrected chi connectivity index (χ1v) is 5.86. The Morgan fingerprint density at radius 2 is 1.05 bits per heavy atom. The topological polar surface area (TPSA) is 76.0 Å². The van der Waals surface area contributed by atoms with Crippen molar-refractivity contribution in [3.05, 3.63) is 42.9 Å². The van der Waals surface area contributed by atoms with E-state index in [-0.39, 0.29) is 21.1 Å². The van der Waals surface area contributed by atoms with Gasteiger partial charge in [-0.25, -0.2) is 0 Å². The fraction of sp³-hybridized carbons (Fsp3) is 0.438. The zero-order chi connectivity index (χ0) is 16.9. The molecule has 1 saturated carbocycles. The van der Waals surface area contributed by atoms with Gasteiger partial charge in [-0.1, -0.05) is 41.5 Å². The molecule has 0 aromatic carbocycles. The molecule has 1 fully saturated rings. The molecule has 0 aromatic heterocycles. The van der Waals surface area contributed by atoms with Crippen molar-refractivity contribution in [3.8, 4) is 0 Å². The van der Waals surface area contributed by atoms with Crippen LogP contribution in [-0.4, -0.2) is 12.1 Å². The number of rotatable bonds is 0. The molecule has 0 aromatic rings. The van der Waals surface area contributed by atoms with Crippen molar-refractivity contribution >= 4 is 12.1 Å². The van der Waals surface area contributed by atoms with Crippen molar-refractivity contribution < 1.29 is 30.4 Å². The summed E-state index contributed by atoms with van der Waals surface area (Å²) in [5, 5.41) is 6.67. The maximum Gasteiger partial charge on any atom is 2.00 e. The molecule has 113 valence electrons.